The van der Waals surface area contributed by atoms with Gasteiger partial charge in [-0.2, -0.15) is 0 Å². The number of aromatic nitrogens is 3. The van der Waals surface area contributed by atoms with E-state index in [0.717, 1.165) is 4.70 Å². The van der Waals surface area contributed by atoms with Crippen molar-refractivity contribution in [1.82, 2.24) is 15.0 Å². The summed E-state index contributed by atoms with van der Waals surface area (Å²) < 4.78 is 11.3. The topological polar surface area (TPSA) is 103 Å². The number of methoxy groups -OCH3 is 2. The summed E-state index contributed by atoms with van der Waals surface area (Å²) in [5, 5.41) is 0.911. The highest BCUT2D eigenvalue weighted by molar-refractivity contribution is 7.22. The number of thiazole rings is 1. The minimum absolute atomic E-state index is 0.240. The molecule has 126 valence electrons. The van der Waals surface area contributed by atoms with Gasteiger partial charge in [0.25, 0.3) is 5.56 Å². The van der Waals surface area contributed by atoms with E-state index in [9.17, 15) is 4.79 Å². The van der Waals surface area contributed by atoms with Gasteiger partial charge in [0.2, 0.25) is 0 Å². The smallest absolute Gasteiger partial charge is 0.260 e. The zero-order valence-corrected chi connectivity index (χ0v) is 14.3. The maximum Gasteiger partial charge on any atom is 0.260 e. The number of rotatable bonds is 3. The fraction of sp³-hybridized carbons (Fsp3) is 0.118. The van der Waals surface area contributed by atoms with Crippen LogP contribution in [-0.4, -0.2) is 29.2 Å². The Hall–Kier alpha value is -3.13. The van der Waals surface area contributed by atoms with E-state index in [1.807, 2.05) is 6.07 Å². The molecule has 0 spiro atoms. The summed E-state index contributed by atoms with van der Waals surface area (Å²) in [6, 6.07) is 8.91. The Bertz CT molecular complexity index is 1140. The van der Waals surface area contributed by atoms with Crippen LogP contribution < -0.4 is 20.8 Å². The van der Waals surface area contributed by atoms with E-state index < -0.39 is 0 Å². The summed E-state index contributed by atoms with van der Waals surface area (Å²) in [6.07, 6.45) is 0. The summed E-state index contributed by atoms with van der Waals surface area (Å²) in [6.45, 7) is 0. The molecule has 0 amide bonds. The standard InChI is InChI=1S/C17H14N4O3S/c1-23-9-5-8(6-10(7-9)24-2)15-19-11-3-4-12-14(25-17(18)20-12)13(11)16(22)21-15/h3-7H,1-2H3,(H2,18,20)(H,19,21,22). The van der Waals surface area contributed by atoms with Crippen LogP contribution in [0, 0.1) is 0 Å². The fourth-order valence-electron chi connectivity index (χ4n) is 2.71. The largest absolute Gasteiger partial charge is 0.497 e. The zero-order chi connectivity index (χ0) is 17.6. The van der Waals surface area contributed by atoms with Gasteiger partial charge < -0.3 is 20.2 Å². The van der Waals surface area contributed by atoms with Gasteiger partial charge >= 0.3 is 0 Å². The molecule has 4 aromatic rings. The highest BCUT2D eigenvalue weighted by atomic mass is 32.1. The highest BCUT2D eigenvalue weighted by Crippen LogP contribution is 2.31. The van der Waals surface area contributed by atoms with Crippen molar-refractivity contribution in [2.24, 2.45) is 0 Å². The second-order valence-electron chi connectivity index (χ2n) is 5.38. The highest BCUT2D eigenvalue weighted by Gasteiger charge is 2.13. The van der Waals surface area contributed by atoms with Gasteiger partial charge in [-0.15, -0.1) is 0 Å². The fourth-order valence-corrected chi connectivity index (χ4v) is 3.58. The van der Waals surface area contributed by atoms with E-state index in [0.29, 0.717) is 44.4 Å². The lowest BCUT2D eigenvalue weighted by Crippen LogP contribution is -2.09. The molecule has 2 aromatic heterocycles. The summed E-state index contributed by atoms with van der Waals surface area (Å²) in [5.41, 5.74) is 7.49. The molecule has 0 saturated carbocycles. The van der Waals surface area contributed by atoms with Crippen LogP contribution in [0.25, 0.3) is 32.5 Å². The zero-order valence-electron chi connectivity index (χ0n) is 13.5. The monoisotopic (exact) mass is 354 g/mol. The molecular weight excluding hydrogens is 340 g/mol. The van der Waals surface area contributed by atoms with Gasteiger partial charge in [0.05, 0.1) is 35.3 Å². The molecule has 0 unspecified atom stereocenters. The number of anilines is 1. The van der Waals surface area contributed by atoms with Gasteiger partial charge in [-0.3, -0.25) is 4.79 Å². The van der Waals surface area contributed by atoms with Gasteiger partial charge in [0.1, 0.15) is 17.3 Å². The molecule has 4 rings (SSSR count). The molecule has 0 atom stereocenters. The normalized spacial score (nSPS) is 11.1. The van der Waals surface area contributed by atoms with Crippen molar-refractivity contribution < 1.29 is 9.47 Å². The van der Waals surface area contributed by atoms with Crippen LogP contribution in [0.15, 0.2) is 35.1 Å². The first-order chi connectivity index (χ1) is 12.1. The Balaban J connectivity index is 1.98. The van der Waals surface area contributed by atoms with Crippen molar-refractivity contribution in [3.05, 3.63) is 40.7 Å². The van der Waals surface area contributed by atoms with E-state index in [2.05, 4.69) is 15.0 Å². The Kier molecular flexibility index (Phi) is 3.54. The molecule has 0 bridgehead atoms. The van der Waals surface area contributed by atoms with Gasteiger partial charge in [-0.25, -0.2) is 9.97 Å². The first-order valence-electron chi connectivity index (χ1n) is 7.41. The Morgan fingerprint density at radius 3 is 2.40 bits per heavy atom. The van der Waals surface area contributed by atoms with Crippen molar-refractivity contribution in [1.29, 1.82) is 0 Å². The van der Waals surface area contributed by atoms with E-state index in [1.165, 1.54) is 11.3 Å². The molecule has 3 N–H and O–H groups in total. The SMILES string of the molecule is COc1cc(OC)cc(-c2nc3ccc4nc(N)sc4c3c(=O)[nH]2)c1. The molecule has 8 heteroatoms. The van der Waals surface area contributed by atoms with Crippen LogP contribution in [0.3, 0.4) is 0 Å². The maximum atomic E-state index is 12.7. The third-order valence-electron chi connectivity index (χ3n) is 3.87. The lowest BCUT2D eigenvalue weighted by molar-refractivity contribution is 0.394. The number of nitrogens with two attached hydrogens (primary N) is 1. The first kappa shape index (κ1) is 15.4. The number of H-pyrrole nitrogens is 1. The van der Waals surface area contributed by atoms with Crippen molar-refractivity contribution in [3.63, 3.8) is 0 Å². The second kappa shape index (κ2) is 5.75. The average molecular weight is 354 g/mol. The average Bonchev–Trinajstić information content (AvgIpc) is 3.01. The predicted molar refractivity (Wildman–Crippen MR) is 98.5 cm³/mol. The van der Waals surface area contributed by atoms with Crippen LogP contribution in [-0.2, 0) is 0 Å². The van der Waals surface area contributed by atoms with E-state index in [4.69, 9.17) is 15.2 Å². The van der Waals surface area contributed by atoms with Crippen molar-refractivity contribution >= 4 is 37.6 Å². The van der Waals surface area contributed by atoms with Gasteiger partial charge in [0, 0.05) is 11.6 Å². The van der Waals surface area contributed by atoms with Crippen molar-refractivity contribution in [3.8, 4) is 22.9 Å². The summed E-state index contributed by atoms with van der Waals surface area (Å²) >= 11 is 1.28. The third-order valence-corrected chi connectivity index (χ3v) is 4.79. The lowest BCUT2D eigenvalue weighted by atomic mass is 10.1. The lowest BCUT2D eigenvalue weighted by Gasteiger charge is -2.08. The number of hydrogen-bond donors (Lipinski definition) is 2. The number of aromatic amines is 1. The van der Waals surface area contributed by atoms with E-state index in [-0.39, 0.29) is 5.56 Å². The number of nitrogens with zero attached hydrogens (tertiary/aromatic N) is 2. The van der Waals surface area contributed by atoms with Crippen LogP contribution in [0.5, 0.6) is 11.5 Å². The number of ether oxygens (including phenoxy) is 2. The summed E-state index contributed by atoms with van der Waals surface area (Å²) in [4.78, 5) is 24.3. The molecule has 7 nitrogen and oxygen atoms in total. The molecule has 0 aliphatic carbocycles. The molecule has 0 radical (unpaired) electrons. The van der Waals surface area contributed by atoms with E-state index in [1.54, 1.807) is 38.5 Å². The molecule has 25 heavy (non-hydrogen) atoms. The van der Waals surface area contributed by atoms with Crippen LogP contribution in [0.4, 0.5) is 5.13 Å². The molecule has 0 fully saturated rings. The van der Waals surface area contributed by atoms with Gasteiger partial charge in [-0.05, 0) is 24.3 Å². The predicted octanol–water partition coefficient (Wildman–Crippen LogP) is 2.80. The molecule has 2 heterocycles. The molecule has 0 aliphatic heterocycles. The Labute approximate surface area is 146 Å². The minimum atomic E-state index is -0.240. The number of nitrogens with one attached hydrogen (secondary N) is 1. The maximum absolute atomic E-state index is 12.7. The van der Waals surface area contributed by atoms with Gasteiger partial charge in [0.15, 0.2) is 5.13 Å². The van der Waals surface area contributed by atoms with Crippen molar-refractivity contribution in [2.45, 2.75) is 0 Å². The Morgan fingerprint density at radius 2 is 1.72 bits per heavy atom. The quantitative estimate of drug-likeness (QED) is 0.586. The molecular formula is C17H14N4O3S. The number of fused-ring (bicyclic) bond motifs is 3. The summed E-state index contributed by atoms with van der Waals surface area (Å²) in [5.74, 6) is 1.66. The minimum Gasteiger partial charge on any atom is -0.497 e. The van der Waals surface area contributed by atoms with Crippen LogP contribution in [0.1, 0.15) is 0 Å². The first-order valence-corrected chi connectivity index (χ1v) is 8.23. The number of hydrogen-bond acceptors (Lipinski definition) is 7. The van der Waals surface area contributed by atoms with Crippen LogP contribution >= 0.6 is 11.3 Å². The van der Waals surface area contributed by atoms with E-state index >= 15 is 0 Å². The molecule has 0 aliphatic rings. The molecule has 2 aromatic carbocycles. The third kappa shape index (κ3) is 2.56. The number of nitrogen functional groups attached to an aromatic ring is 1. The van der Waals surface area contributed by atoms with Gasteiger partial charge in [-0.1, -0.05) is 11.3 Å². The Morgan fingerprint density at radius 1 is 1.04 bits per heavy atom. The van der Waals surface area contributed by atoms with Crippen LogP contribution in [0.2, 0.25) is 0 Å². The summed E-state index contributed by atoms with van der Waals surface area (Å²) in [7, 11) is 3.14. The second-order valence-corrected chi connectivity index (χ2v) is 6.41. The van der Waals surface area contributed by atoms with Crippen molar-refractivity contribution in [2.75, 3.05) is 20.0 Å². The molecule has 0 saturated heterocycles. The number of benzene rings is 2.